The van der Waals surface area contributed by atoms with Crippen molar-refractivity contribution in [1.82, 2.24) is 20.2 Å². The first-order valence-corrected chi connectivity index (χ1v) is 6.42. The lowest BCUT2D eigenvalue weighted by Crippen LogP contribution is -1.99. The number of aromatic nitrogens is 4. The van der Waals surface area contributed by atoms with Crippen molar-refractivity contribution >= 4 is 11.6 Å². The van der Waals surface area contributed by atoms with Gasteiger partial charge in [0.15, 0.2) is 6.61 Å². The third kappa shape index (κ3) is 4.21. The summed E-state index contributed by atoms with van der Waals surface area (Å²) in [6.45, 7) is 0.117. The molecule has 0 fully saturated rings. The molecule has 1 aromatic carbocycles. The topological polar surface area (TPSA) is 52.8 Å². The van der Waals surface area contributed by atoms with Crippen LogP contribution in [0.25, 0.3) is 0 Å². The van der Waals surface area contributed by atoms with Crippen LogP contribution < -0.4 is 4.74 Å². The molecule has 0 amide bonds. The zero-order valence-corrected chi connectivity index (χ0v) is 11.6. The number of halogens is 2. The molecular formula is C13H12ClFN4O. The summed E-state index contributed by atoms with van der Waals surface area (Å²) < 4.78 is 18.9. The van der Waals surface area contributed by atoms with E-state index in [2.05, 4.69) is 27.3 Å². The molecule has 104 valence electrons. The van der Waals surface area contributed by atoms with Gasteiger partial charge in [-0.2, -0.15) is 4.80 Å². The molecule has 0 saturated carbocycles. The van der Waals surface area contributed by atoms with Crippen LogP contribution in [0.3, 0.4) is 0 Å². The van der Waals surface area contributed by atoms with Crippen LogP contribution in [0.2, 0.25) is 0 Å². The summed E-state index contributed by atoms with van der Waals surface area (Å²) in [7, 11) is 1.66. The van der Waals surface area contributed by atoms with E-state index in [4.69, 9.17) is 16.3 Å². The molecule has 0 atom stereocenters. The first-order chi connectivity index (χ1) is 9.67. The fourth-order valence-corrected chi connectivity index (χ4v) is 1.55. The Morgan fingerprint density at radius 3 is 2.95 bits per heavy atom. The van der Waals surface area contributed by atoms with Crippen LogP contribution in [0.15, 0.2) is 18.2 Å². The van der Waals surface area contributed by atoms with E-state index >= 15 is 0 Å². The third-order valence-electron chi connectivity index (χ3n) is 2.24. The maximum atomic E-state index is 13.4. The molecule has 0 aliphatic carbocycles. The number of tetrazole rings is 1. The van der Waals surface area contributed by atoms with Crippen molar-refractivity contribution in [2.75, 3.05) is 5.88 Å². The van der Waals surface area contributed by atoms with Gasteiger partial charge in [0, 0.05) is 23.9 Å². The lowest BCUT2D eigenvalue weighted by Gasteiger charge is -2.04. The van der Waals surface area contributed by atoms with Crippen molar-refractivity contribution in [3.05, 3.63) is 35.4 Å². The second-order valence-electron chi connectivity index (χ2n) is 3.90. The zero-order chi connectivity index (χ0) is 14.4. The quantitative estimate of drug-likeness (QED) is 0.638. The second kappa shape index (κ2) is 6.87. The number of alkyl halides is 1. The highest BCUT2D eigenvalue weighted by Crippen LogP contribution is 2.16. The number of nitrogens with zero attached hydrogens (tertiary/aromatic N) is 4. The van der Waals surface area contributed by atoms with Gasteiger partial charge in [0.1, 0.15) is 11.6 Å². The molecular weight excluding hydrogens is 283 g/mol. The Balaban J connectivity index is 2.06. The molecule has 2 aromatic rings. The number of benzene rings is 1. The Kier molecular flexibility index (Phi) is 4.91. The summed E-state index contributed by atoms with van der Waals surface area (Å²) in [6, 6.07) is 4.28. The Hall–Kier alpha value is -2.13. The summed E-state index contributed by atoms with van der Waals surface area (Å²) in [6.07, 6.45) is 0.553. The van der Waals surface area contributed by atoms with E-state index in [1.165, 1.54) is 16.9 Å². The molecule has 0 aliphatic rings. The van der Waals surface area contributed by atoms with Gasteiger partial charge in [0.2, 0.25) is 5.82 Å². The second-order valence-corrected chi connectivity index (χ2v) is 4.28. The highest BCUT2D eigenvalue weighted by Gasteiger charge is 2.04. The first kappa shape index (κ1) is 14.3. The first-order valence-electron chi connectivity index (χ1n) is 5.88. The van der Waals surface area contributed by atoms with Gasteiger partial charge in [-0.3, -0.25) is 0 Å². The monoisotopic (exact) mass is 294 g/mol. The lowest BCUT2D eigenvalue weighted by atomic mass is 10.2. The molecule has 1 aromatic heterocycles. The smallest absolute Gasteiger partial charge is 0.212 e. The third-order valence-corrected chi connectivity index (χ3v) is 2.43. The molecule has 0 spiro atoms. The molecule has 0 bridgehead atoms. The fraction of sp³-hybridized carbons (Fsp3) is 0.308. The molecule has 0 N–H and O–H groups in total. The number of hydrogen-bond donors (Lipinski definition) is 0. The van der Waals surface area contributed by atoms with E-state index in [0.717, 1.165) is 0 Å². The van der Waals surface area contributed by atoms with Crippen LogP contribution in [0.4, 0.5) is 4.39 Å². The number of hydrogen-bond acceptors (Lipinski definition) is 4. The van der Waals surface area contributed by atoms with Gasteiger partial charge in [0.05, 0.1) is 7.05 Å². The molecule has 0 aliphatic heterocycles. The number of rotatable bonds is 4. The summed E-state index contributed by atoms with van der Waals surface area (Å²) in [5.41, 5.74) is 0.539. The van der Waals surface area contributed by atoms with Crippen LogP contribution in [0, 0.1) is 17.7 Å². The van der Waals surface area contributed by atoms with Gasteiger partial charge >= 0.3 is 0 Å². The summed E-state index contributed by atoms with van der Waals surface area (Å²) in [5, 5.41) is 11.4. The van der Waals surface area contributed by atoms with Crippen LogP contribution in [-0.2, 0) is 13.7 Å². The number of ether oxygens (including phenoxy) is 1. The largest absolute Gasteiger partial charge is 0.485 e. The predicted molar refractivity (Wildman–Crippen MR) is 71.7 cm³/mol. The maximum absolute atomic E-state index is 13.4. The van der Waals surface area contributed by atoms with Crippen molar-refractivity contribution in [3.63, 3.8) is 0 Å². The average molecular weight is 295 g/mol. The molecule has 20 heavy (non-hydrogen) atoms. The van der Waals surface area contributed by atoms with Gasteiger partial charge < -0.3 is 4.74 Å². The Labute approximate surface area is 120 Å². The Morgan fingerprint density at radius 1 is 1.40 bits per heavy atom. The van der Waals surface area contributed by atoms with Gasteiger partial charge in [-0.15, -0.1) is 21.8 Å². The van der Waals surface area contributed by atoms with Gasteiger partial charge in [0.25, 0.3) is 0 Å². The zero-order valence-electron chi connectivity index (χ0n) is 10.8. The minimum atomic E-state index is -0.412. The van der Waals surface area contributed by atoms with E-state index in [9.17, 15) is 4.39 Å². The Bertz CT molecular complexity index is 647. The van der Waals surface area contributed by atoms with E-state index in [1.54, 1.807) is 13.1 Å². The molecule has 2 rings (SSSR count). The fourth-order valence-electron chi connectivity index (χ4n) is 1.46. The SMILES string of the molecule is Cn1nnc(COc2cc(F)cc(C#CCCCl)c2)n1. The van der Waals surface area contributed by atoms with E-state index in [1.807, 2.05) is 0 Å². The standard InChI is InChI=1S/C13H12ClFN4O/c1-19-17-13(16-18-19)9-20-12-7-10(4-2-3-5-14)6-11(15)8-12/h6-8H,3,5,9H2,1H3. The van der Waals surface area contributed by atoms with Gasteiger partial charge in [-0.25, -0.2) is 4.39 Å². The van der Waals surface area contributed by atoms with Crippen molar-refractivity contribution in [3.8, 4) is 17.6 Å². The van der Waals surface area contributed by atoms with E-state index in [-0.39, 0.29) is 6.61 Å². The van der Waals surface area contributed by atoms with Crippen molar-refractivity contribution in [2.24, 2.45) is 7.05 Å². The molecule has 0 saturated heterocycles. The summed E-state index contributed by atoms with van der Waals surface area (Å²) in [5.74, 6) is 6.49. The predicted octanol–water partition coefficient (Wildman–Crippen LogP) is 1.91. The molecule has 1 heterocycles. The van der Waals surface area contributed by atoms with E-state index in [0.29, 0.717) is 29.4 Å². The normalized spacial score (nSPS) is 9.95. The minimum Gasteiger partial charge on any atom is -0.485 e. The molecule has 0 radical (unpaired) electrons. The van der Waals surface area contributed by atoms with E-state index < -0.39 is 5.82 Å². The number of aryl methyl sites for hydroxylation is 1. The van der Waals surface area contributed by atoms with Crippen molar-refractivity contribution in [1.29, 1.82) is 0 Å². The minimum absolute atomic E-state index is 0.117. The summed E-state index contributed by atoms with van der Waals surface area (Å²) >= 11 is 5.53. The van der Waals surface area contributed by atoms with Crippen LogP contribution >= 0.6 is 11.6 Å². The summed E-state index contributed by atoms with van der Waals surface area (Å²) in [4.78, 5) is 1.33. The van der Waals surface area contributed by atoms with Crippen molar-refractivity contribution < 1.29 is 9.13 Å². The van der Waals surface area contributed by atoms with Gasteiger partial charge in [-0.05, 0) is 17.3 Å². The average Bonchev–Trinajstić information content (AvgIpc) is 2.82. The Morgan fingerprint density at radius 2 is 2.25 bits per heavy atom. The lowest BCUT2D eigenvalue weighted by molar-refractivity contribution is 0.293. The van der Waals surface area contributed by atoms with Crippen LogP contribution in [-0.4, -0.2) is 26.1 Å². The van der Waals surface area contributed by atoms with Crippen molar-refractivity contribution in [2.45, 2.75) is 13.0 Å². The maximum Gasteiger partial charge on any atom is 0.212 e. The highest BCUT2D eigenvalue weighted by molar-refractivity contribution is 6.18. The molecule has 0 unspecified atom stereocenters. The molecule has 7 heteroatoms. The van der Waals surface area contributed by atoms with Crippen LogP contribution in [0.1, 0.15) is 17.8 Å². The molecule has 5 nitrogen and oxygen atoms in total. The highest BCUT2D eigenvalue weighted by atomic mass is 35.5. The van der Waals surface area contributed by atoms with Gasteiger partial charge in [-0.1, -0.05) is 11.8 Å². The van der Waals surface area contributed by atoms with Crippen LogP contribution in [0.5, 0.6) is 5.75 Å².